The molecule has 3 rings (SSSR count). The van der Waals surface area contributed by atoms with Crippen LogP contribution in [-0.4, -0.2) is 32.6 Å². The molecule has 0 fully saturated rings. The summed E-state index contributed by atoms with van der Waals surface area (Å²) < 4.78 is 5.16. The summed E-state index contributed by atoms with van der Waals surface area (Å²) in [5, 5.41) is 13.6. The molecule has 0 unspecified atom stereocenters. The monoisotopic (exact) mass is 429 g/mol. The Kier molecular flexibility index (Phi) is 6.42. The van der Waals surface area contributed by atoms with Gasteiger partial charge in [-0.2, -0.15) is 4.98 Å². The van der Waals surface area contributed by atoms with Crippen molar-refractivity contribution < 1.29 is 14.4 Å². The number of carbonyl (C=O) groups excluding carboxylic acids is 1. The van der Waals surface area contributed by atoms with Gasteiger partial charge in [0.2, 0.25) is 5.82 Å². The van der Waals surface area contributed by atoms with Crippen LogP contribution in [0.15, 0.2) is 40.9 Å². The van der Waals surface area contributed by atoms with E-state index in [2.05, 4.69) is 22.0 Å². The first kappa shape index (κ1) is 20.7. The van der Waals surface area contributed by atoms with E-state index in [0.29, 0.717) is 12.1 Å². The maximum absolute atomic E-state index is 12.9. The second kappa shape index (κ2) is 8.99. The standard InChI is InChI=1S/C21H17Cl2N3O3/c1-3-4-8-26(12-14-7-5-6-13(2)9-14)21(28)20-24-19(25-29-20)15-10-16(22)18(27)17(23)11-15/h5-7,9-11,27H,8,12H2,1-2H3. The molecular formula is C21H17Cl2N3O3. The number of hydrogen-bond donors (Lipinski definition) is 1. The van der Waals surface area contributed by atoms with Crippen LogP contribution in [0.1, 0.15) is 28.7 Å². The summed E-state index contributed by atoms with van der Waals surface area (Å²) >= 11 is 11.9. The quantitative estimate of drug-likeness (QED) is 0.593. The number of carbonyl (C=O) groups is 1. The van der Waals surface area contributed by atoms with E-state index < -0.39 is 5.91 Å². The molecular weight excluding hydrogens is 413 g/mol. The molecule has 1 aromatic heterocycles. The van der Waals surface area contributed by atoms with Gasteiger partial charge in [0.1, 0.15) is 0 Å². The molecule has 0 radical (unpaired) electrons. The Balaban J connectivity index is 1.87. The van der Waals surface area contributed by atoms with Crippen LogP contribution in [0.5, 0.6) is 5.75 Å². The fourth-order valence-corrected chi connectivity index (χ4v) is 3.15. The van der Waals surface area contributed by atoms with E-state index >= 15 is 0 Å². The average Bonchev–Trinajstić information content (AvgIpc) is 3.18. The zero-order chi connectivity index (χ0) is 21.0. The highest BCUT2D eigenvalue weighted by Crippen LogP contribution is 2.35. The van der Waals surface area contributed by atoms with Gasteiger partial charge in [0.05, 0.1) is 16.6 Å². The Bertz CT molecular complexity index is 1090. The second-order valence-corrected chi connectivity index (χ2v) is 7.10. The Morgan fingerprint density at radius 2 is 1.97 bits per heavy atom. The Morgan fingerprint density at radius 3 is 2.62 bits per heavy atom. The fourth-order valence-electron chi connectivity index (χ4n) is 2.66. The number of rotatable bonds is 5. The molecule has 6 nitrogen and oxygen atoms in total. The molecule has 8 heteroatoms. The lowest BCUT2D eigenvalue weighted by Crippen LogP contribution is -2.31. The first-order chi connectivity index (χ1) is 13.9. The molecule has 2 aromatic carbocycles. The first-order valence-electron chi connectivity index (χ1n) is 8.65. The Morgan fingerprint density at radius 1 is 1.24 bits per heavy atom. The summed E-state index contributed by atoms with van der Waals surface area (Å²) in [6.45, 7) is 4.26. The molecule has 0 aliphatic rings. The molecule has 1 N–H and O–H groups in total. The number of hydrogen-bond acceptors (Lipinski definition) is 5. The maximum atomic E-state index is 12.9. The van der Waals surface area contributed by atoms with E-state index in [1.165, 1.54) is 17.0 Å². The van der Waals surface area contributed by atoms with Crippen LogP contribution in [0.2, 0.25) is 10.0 Å². The molecule has 1 amide bonds. The molecule has 0 saturated carbocycles. The summed E-state index contributed by atoms with van der Waals surface area (Å²) in [6, 6.07) is 10.7. The van der Waals surface area contributed by atoms with Crippen LogP contribution in [-0.2, 0) is 6.54 Å². The third-order valence-electron chi connectivity index (χ3n) is 4.07. The predicted octanol–water partition coefficient (Wildman–Crippen LogP) is 4.72. The zero-order valence-corrected chi connectivity index (χ0v) is 17.3. The van der Waals surface area contributed by atoms with Crippen molar-refractivity contribution in [3.63, 3.8) is 0 Å². The lowest BCUT2D eigenvalue weighted by atomic mass is 10.1. The number of aromatic hydroxyl groups is 1. The van der Waals surface area contributed by atoms with Gasteiger partial charge >= 0.3 is 11.8 Å². The molecule has 1 heterocycles. The zero-order valence-electron chi connectivity index (χ0n) is 15.7. The molecule has 148 valence electrons. The number of phenolic OH excluding ortho intramolecular Hbond substituents is 1. The van der Waals surface area contributed by atoms with Crippen molar-refractivity contribution in [2.24, 2.45) is 0 Å². The topological polar surface area (TPSA) is 79.5 Å². The van der Waals surface area contributed by atoms with E-state index in [0.717, 1.165) is 11.1 Å². The molecule has 0 spiro atoms. The van der Waals surface area contributed by atoms with Crippen molar-refractivity contribution >= 4 is 29.1 Å². The van der Waals surface area contributed by atoms with Gasteiger partial charge < -0.3 is 14.5 Å². The van der Waals surface area contributed by atoms with E-state index in [1.54, 1.807) is 6.92 Å². The van der Waals surface area contributed by atoms with Crippen molar-refractivity contribution in [1.82, 2.24) is 15.0 Å². The molecule has 0 saturated heterocycles. The third kappa shape index (κ3) is 4.89. The largest absolute Gasteiger partial charge is 0.505 e. The van der Waals surface area contributed by atoms with Crippen LogP contribution in [0.3, 0.4) is 0 Å². The summed E-state index contributed by atoms with van der Waals surface area (Å²) in [4.78, 5) is 18.6. The molecule has 0 aliphatic carbocycles. The number of amides is 1. The van der Waals surface area contributed by atoms with Crippen LogP contribution in [0.4, 0.5) is 0 Å². The van der Waals surface area contributed by atoms with Crippen LogP contribution < -0.4 is 0 Å². The second-order valence-electron chi connectivity index (χ2n) is 6.29. The molecule has 0 aliphatic heterocycles. The molecule has 0 bridgehead atoms. The fraction of sp³-hybridized carbons (Fsp3) is 0.190. The van der Waals surface area contributed by atoms with E-state index in [4.69, 9.17) is 27.7 Å². The lowest BCUT2D eigenvalue weighted by molar-refractivity contribution is 0.0715. The first-order valence-corrected chi connectivity index (χ1v) is 9.41. The van der Waals surface area contributed by atoms with Crippen LogP contribution >= 0.6 is 23.2 Å². The number of aryl methyl sites for hydroxylation is 1. The van der Waals surface area contributed by atoms with Gasteiger partial charge in [-0.3, -0.25) is 4.79 Å². The number of nitrogens with zero attached hydrogens (tertiary/aromatic N) is 3. The summed E-state index contributed by atoms with van der Waals surface area (Å²) in [6.07, 6.45) is 0. The van der Waals surface area contributed by atoms with E-state index in [1.807, 2.05) is 31.2 Å². The Labute approximate surface area is 178 Å². The number of aromatic nitrogens is 2. The van der Waals surface area contributed by atoms with Crippen molar-refractivity contribution in [2.45, 2.75) is 20.4 Å². The van der Waals surface area contributed by atoms with Crippen molar-refractivity contribution in [2.75, 3.05) is 6.54 Å². The SMILES string of the molecule is CC#CCN(Cc1cccc(C)c1)C(=O)c1nc(-c2cc(Cl)c(O)c(Cl)c2)no1. The minimum atomic E-state index is -0.441. The number of phenols is 1. The van der Waals surface area contributed by atoms with Crippen LogP contribution in [0, 0.1) is 18.8 Å². The van der Waals surface area contributed by atoms with Gasteiger partial charge in [-0.05, 0) is 31.5 Å². The predicted molar refractivity (Wildman–Crippen MR) is 111 cm³/mol. The summed E-state index contributed by atoms with van der Waals surface area (Å²) in [5.41, 5.74) is 2.48. The molecule has 3 aromatic rings. The minimum absolute atomic E-state index is 0.0458. The lowest BCUT2D eigenvalue weighted by Gasteiger charge is -2.18. The highest BCUT2D eigenvalue weighted by molar-refractivity contribution is 6.37. The van der Waals surface area contributed by atoms with Gasteiger partial charge in [-0.1, -0.05) is 64.1 Å². The van der Waals surface area contributed by atoms with E-state index in [-0.39, 0.29) is 34.1 Å². The average molecular weight is 430 g/mol. The maximum Gasteiger partial charge on any atom is 0.316 e. The van der Waals surface area contributed by atoms with Crippen molar-refractivity contribution in [1.29, 1.82) is 0 Å². The molecule has 0 atom stereocenters. The van der Waals surface area contributed by atoms with E-state index in [9.17, 15) is 9.90 Å². The van der Waals surface area contributed by atoms with Gasteiger partial charge in [-0.15, -0.1) is 5.92 Å². The van der Waals surface area contributed by atoms with Crippen molar-refractivity contribution in [3.8, 4) is 29.0 Å². The highest BCUT2D eigenvalue weighted by atomic mass is 35.5. The number of benzene rings is 2. The molecule has 29 heavy (non-hydrogen) atoms. The smallest absolute Gasteiger partial charge is 0.316 e. The van der Waals surface area contributed by atoms with Gasteiger partial charge in [0, 0.05) is 12.1 Å². The summed E-state index contributed by atoms with van der Waals surface area (Å²) in [5.74, 6) is 4.96. The third-order valence-corrected chi connectivity index (χ3v) is 4.65. The minimum Gasteiger partial charge on any atom is -0.505 e. The van der Waals surface area contributed by atoms with Crippen LogP contribution in [0.25, 0.3) is 11.4 Å². The Hall–Kier alpha value is -3.01. The normalized spacial score (nSPS) is 10.3. The number of halogens is 2. The summed E-state index contributed by atoms with van der Waals surface area (Å²) in [7, 11) is 0. The van der Waals surface area contributed by atoms with Crippen molar-refractivity contribution in [3.05, 3.63) is 63.5 Å². The van der Waals surface area contributed by atoms with Gasteiger partial charge in [0.15, 0.2) is 5.75 Å². The van der Waals surface area contributed by atoms with Gasteiger partial charge in [0.25, 0.3) is 0 Å². The highest BCUT2D eigenvalue weighted by Gasteiger charge is 2.23. The van der Waals surface area contributed by atoms with Gasteiger partial charge in [-0.25, -0.2) is 0 Å².